The summed E-state index contributed by atoms with van der Waals surface area (Å²) in [5, 5.41) is 34.8. The van der Waals surface area contributed by atoms with Gasteiger partial charge in [-0.1, -0.05) is 86.5 Å². The number of alkyl halides is 3. The number of aliphatic carboxylic acids is 1. The van der Waals surface area contributed by atoms with Gasteiger partial charge in [-0.05, 0) is 80.0 Å². The molecule has 3 unspecified atom stereocenters. The number of amidine groups is 1. The van der Waals surface area contributed by atoms with E-state index in [-0.39, 0.29) is 53.8 Å². The zero-order chi connectivity index (χ0) is 41.3. The van der Waals surface area contributed by atoms with Gasteiger partial charge in [-0.25, -0.2) is 4.79 Å². The first-order chi connectivity index (χ1) is 26.5. The third-order valence-electron chi connectivity index (χ3n) is 10.2. The molecule has 0 aliphatic heterocycles. The van der Waals surface area contributed by atoms with Crippen LogP contribution in [0.15, 0.2) is 48.5 Å². The minimum absolute atomic E-state index is 0.00143. The molecule has 13 nitrogen and oxygen atoms in total. The number of carboxylic acid groups (broad SMARTS) is 1. The predicted octanol–water partition coefficient (Wildman–Crippen LogP) is 5.13. The van der Waals surface area contributed by atoms with Crippen LogP contribution in [0.3, 0.4) is 0 Å². The predicted molar refractivity (Wildman–Crippen MR) is 208 cm³/mol. The third kappa shape index (κ3) is 15.7. The summed E-state index contributed by atoms with van der Waals surface area (Å²) in [5.74, 6) is -3.84. The average molecular weight is 807 g/mol. The second-order valence-electron chi connectivity index (χ2n) is 14.4. The number of nitrogen functional groups attached to an aromatic ring is 1. The SMILES string of the molecule is N=C(N)NCCCC(NC(=O)C(NC(=O)C(Cc1ccc(C(=N)N)cc1)C1CCCCC1)C1CCCCC1)C(=O)NCc1ccc(Cl)cc1.O=C(O)C(F)(F)F. The van der Waals surface area contributed by atoms with Crippen LogP contribution in [-0.4, -0.2) is 65.4 Å². The van der Waals surface area contributed by atoms with Gasteiger partial charge >= 0.3 is 12.1 Å². The van der Waals surface area contributed by atoms with E-state index in [4.69, 9.17) is 43.8 Å². The van der Waals surface area contributed by atoms with E-state index in [0.29, 0.717) is 36.4 Å². The molecule has 0 spiro atoms. The number of nitrogens with one attached hydrogen (secondary N) is 6. The maximum absolute atomic E-state index is 14.3. The molecule has 4 rings (SSSR count). The van der Waals surface area contributed by atoms with Crippen molar-refractivity contribution in [3.63, 3.8) is 0 Å². The van der Waals surface area contributed by atoms with Crippen LogP contribution in [0.2, 0.25) is 5.02 Å². The Labute approximate surface area is 330 Å². The van der Waals surface area contributed by atoms with Gasteiger partial charge < -0.3 is 37.8 Å². The zero-order valence-corrected chi connectivity index (χ0v) is 32.1. The first kappa shape index (κ1) is 45.5. The molecule has 0 aromatic heterocycles. The van der Waals surface area contributed by atoms with Crippen molar-refractivity contribution in [1.29, 1.82) is 10.8 Å². The van der Waals surface area contributed by atoms with Gasteiger partial charge in [-0.2, -0.15) is 13.2 Å². The summed E-state index contributed by atoms with van der Waals surface area (Å²) in [4.78, 5) is 50.9. The lowest BCUT2D eigenvalue weighted by Crippen LogP contribution is -2.57. The molecule has 2 aliphatic carbocycles. The third-order valence-corrected chi connectivity index (χ3v) is 10.5. The van der Waals surface area contributed by atoms with Crippen molar-refractivity contribution in [2.75, 3.05) is 6.54 Å². The fourth-order valence-corrected chi connectivity index (χ4v) is 7.31. The maximum atomic E-state index is 14.3. The summed E-state index contributed by atoms with van der Waals surface area (Å²) >= 11 is 6.02. The van der Waals surface area contributed by atoms with E-state index < -0.39 is 24.2 Å². The minimum Gasteiger partial charge on any atom is -0.475 e. The number of rotatable bonds is 16. The van der Waals surface area contributed by atoms with Gasteiger partial charge in [0.1, 0.15) is 17.9 Å². The Bertz CT molecular complexity index is 1620. The van der Waals surface area contributed by atoms with Crippen molar-refractivity contribution in [1.82, 2.24) is 21.3 Å². The zero-order valence-electron chi connectivity index (χ0n) is 31.4. The molecule has 0 bridgehead atoms. The van der Waals surface area contributed by atoms with E-state index in [9.17, 15) is 27.6 Å². The molecule has 2 saturated carbocycles. The second-order valence-corrected chi connectivity index (χ2v) is 14.8. The number of carbonyl (C=O) groups is 4. The maximum Gasteiger partial charge on any atom is 0.490 e. The number of carboxylic acids is 1. The highest BCUT2D eigenvalue weighted by Gasteiger charge is 2.39. The normalized spacial score (nSPS) is 16.5. The summed E-state index contributed by atoms with van der Waals surface area (Å²) in [6.07, 6.45) is 6.24. The average Bonchev–Trinajstić information content (AvgIpc) is 3.17. The van der Waals surface area contributed by atoms with Crippen LogP contribution in [0.25, 0.3) is 0 Å². The van der Waals surface area contributed by atoms with Crippen molar-refractivity contribution in [3.05, 3.63) is 70.2 Å². The fraction of sp³-hybridized carbons (Fsp3) is 0.538. The lowest BCUT2D eigenvalue weighted by atomic mass is 9.76. The Morgan fingerprint density at radius 2 is 1.30 bits per heavy atom. The molecule has 3 amide bonds. The summed E-state index contributed by atoms with van der Waals surface area (Å²) < 4.78 is 31.7. The fourth-order valence-electron chi connectivity index (χ4n) is 7.18. The monoisotopic (exact) mass is 806 g/mol. The lowest BCUT2D eigenvalue weighted by Gasteiger charge is -2.34. The number of hydrogen-bond donors (Lipinski definition) is 9. The molecule has 17 heteroatoms. The van der Waals surface area contributed by atoms with Gasteiger partial charge in [-0.15, -0.1) is 0 Å². The van der Waals surface area contributed by atoms with Crippen LogP contribution in [0.5, 0.6) is 0 Å². The van der Waals surface area contributed by atoms with Crippen LogP contribution in [0.4, 0.5) is 13.2 Å². The minimum atomic E-state index is -5.08. The van der Waals surface area contributed by atoms with Crippen LogP contribution < -0.4 is 32.7 Å². The van der Waals surface area contributed by atoms with Crippen LogP contribution in [-0.2, 0) is 32.1 Å². The van der Waals surface area contributed by atoms with Gasteiger partial charge in [0.05, 0.1) is 0 Å². The number of nitrogens with two attached hydrogens (primary N) is 2. The van der Waals surface area contributed by atoms with Crippen LogP contribution in [0.1, 0.15) is 93.7 Å². The van der Waals surface area contributed by atoms with Gasteiger partial charge in [0, 0.05) is 29.6 Å². The number of halogens is 4. The van der Waals surface area contributed by atoms with Gasteiger partial charge in [-0.3, -0.25) is 25.2 Å². The molecule has 0 radical (unpaired) electrons. The Morgan fingerprint density at radius 3 is 1.82 bits per heavy atom. The molecule has 2 aliphatic rings. The summed E-state index contributed by atoms with van der Waals surface area (Å²) in [5.41, 5.74) is 13.6. The highest BCUT2D eigenvalue weighted by atomic mass is 35.5. The van der Waals surface area contributed by atoms with Crippen molar-refractivity contribution in [2.45, 2.75) is 108 Å². The van der Waals surface area contributed by atoms with Gasteiger partial charge in [0.2, 0.25) is 17.7 Å². The molecule has 308 valence electrons. The summed E-state index contributed by atoms with van der Waals surface area (Å²) in [6.45, 7) is 0.652. The molecule has 56 heavy (non-hydrogen) atoms. The number of carbonyl (C=O) groups excluding carboxylic acids is 3. The smallest absolute Gasteiger partial charge is 0.475 e. The number of amides is 3. The Hall–Kier alpha value is -4.86. The molecular weight excluding hydrogens is 753 g/mol. The molecule has 3 atom stereocenters. The first-order valence-corrected chi connectivity index (χ1v) is 19.4. The highest BCUT2D eigenvalue weighted by molar-refractivity contribution is 6.30. The van der Waals surface area contributed by atoms with Gasteiger partial charge in [0.25, 0.3) is 0 Å². The molecular formula is C39H54ClF3N8O5. The van der Waals surface area contributed by atoms with E-state index in [1.807, 2.05) is 36.4 Å². The molecule has 2 aromatic carbocycles. The summed E-state index contributed by atoms with van der Waals surface area (Å²) in [7, 11) is 0. The number of hydrogen-bond acceptors (Lipinski definition) is 6. The van der Waals surface area contributed by atoms with Crippen LogP contribution >= 0.6 is 11.6 Å². The van der Waals surface area contributed by atoms with Crippen LogP contribution in [0, 0.1) is 28.6 Å². The van der Waals surface area contributed by atoms with Crippen molar-refractivity contribution in [3.8, 4) is 0 Å². The largest absolute Gasteiger partial charge is 0.490 e. The van der Waals surface area contributed by atoms with E-state index in [2.05, 4.69) is 21.3 Å². The highest BCUT2D eigenvalue weighted by Crippen LogP contribution is 2.33. The van der Waals surface area contributed by atoms with E-state index in [1.54, 1.807) is 12.1 Å². The Kier molecular flexibility index (Phi) is 18.4. The van der Waals surface area contributed by atoms with Gasteiger partial charge in [0.15, 0.2) is 5.96 Å². The molecule has 2 fully saturated rings. The first-order valence-electron chi connectivity index (χ1n) is 19.0. The molecule has 0 heterocycles. The van der Waals surface area contributed by atoms with E-state index in [1.165, 1.54) is 0 Å². The lowest BCUT2D eigenvalue weighted by molar-refractivity contribution is -0.192. The topological polar surface area (TPSA) is 236 Å². The Balaban J connectivity index is 0.00000109. The van der Waals surface area contributed by atoms with E-state index in [0.717, 1.165) is 75.3 Å². The van der Waals surface area contributed by atoms with Crippen molar-refractivity contribution in [2.24, 2.45) is 29.2 Å². The molecule has 2 aromatic rings. The number of guanidine groups is 1. The van der Waals surface area contributed by atoms with Crippen molar-refractivity contribution >= 4 is 47.1 Å². The molecule has 0 saturated heterocycles. The molecule has 11 N–H and O–H groups in total. The quantitative estimate of drug-likeness (QED) is 0.0625. The second kappa shape index (κ2) is 22.6. The summed E-state index contributed by atoms with van der Waals surface area (Å²) in [6, 6.07) is 13.1. The standard InChI is InChI=1S/C37H53ClN8O3.C2HF3O2/c38-29-19-15-25(16-20-29)23-44-35(48)31(12-7-21-43-37(41)42)45-36(49)32(27-10-5-2-6-11-27)46-34(47)30(26-8-3-1-4-9-26)22-24-13-17-28(18-14-24)33(39)40;3-2(4,5)1(6)7/h13-20,26-27,30-32H,1-12,21-23H2,(H3,39,40)(H,44,48)(H,45,49)(H,46,47)(H4,41,42,43);(H,6,7). The Morgan fingerprint density at radius 1 is 0.768 bits per heavy atom. The number of benzene rings is 2. The van der Waals surface area contributed by atoms with E-state index >= 15 is 0 Å². The van der Waals surface area contributed by atoms with Crippen molar-refractivity contribution < 1.29 is 37.5 Å².